The molecule has 0 aliphatic heterocycles. The summed E-state index contributed by atoms with van der Waals surface area (Å²) in [5.74, 6) is 0.239. The maximum atomic E-state index is 12.4. The summed E-state index contributed by atoms with van der Waals surface area (Å²) < 4.78 is 0. The fourth-order valence-electron chi connectivity index (χ4n) is 2.41. The Kier molecular flexibility index (Phi) is 3.25. The molecule has 2 aromatic carbocycles. The summed E-state index contributed by atoms with van der Waals surface area (Å²) in [7, 11) is 0. The number of phenolic OH excluding ortho intramolecular Hbond substituents is 1. The Morgan fingerprint density at radius 3 is 2.60 bits per heavy atom. The maximum absolute atomic E-state index is 12.4. The predicted molar refractivity (Wildman–Crippen MR) is 78.9 cm³/mol. The van der Waals surface area contributed by atoms with Crippen molar-refractivity contribution in [3.63, 3.8) is 0 Å². The van der Waals surface area contributed by atoms with E-state index in [9.17, 15) is 9.90 Å². The second kappa shape index (κ2) is 5.21. The van der Waals surface area contributed by atoms with Gasteiger partial charge in [-0.2, -0.15) is 0 Å². The van der Waals surface area contributed by atoms with Gasteiger partial charge in [-0.25, -0.2) is 0 Å². The van der Waals surface area contributed by atoms with Crippen molar-refractivity contribution in [3.8, 4) is 5.75 Å². The van der Waals surface area contributed by atoms with Gasteiger partial charge in [0.25, 0.3) is 0 Å². The Morgan fingerprint density at radius 2 is 1.75 bits per heavy atom. The maximum Gasteiger partial charge on any atom is 0.190 e. The number of hydrogen-bond donors (Lipinski definition) is 2. The molecule has 3 nitrogen and oxygen atoms in total. The Balaban J connectivity index is 1.84. The Labute approximate surface area is 117 Å². The fourth-order valence-corrected chi connectivity index (χ4v) is 2.41. The summed E-state index contributed by atoms with van der Waals surface area (Å²) in [5.41, 5.74) is 3.24. The van der Waals surface area contributed by atoms with Crippen LogP contribution < -0.4 is 5.32 Å². The molecule has 0 bridgehead atoms. The zero-order chi connectivity index (χ0) is 13.9. The summed E-state index contributed by atoms with van der Waals surface area (Å²) in [5, 5.41) is 12.7. The highest BCUT2D eigenvalue weighted by atomic mass is 16.3. The number of carbonyl (C=O) groups is 1. The molecule has 3 rings (SSSR count). The van der Waals surface area contributed by atoms with Gasteiger partial charge in [0, 0.05) is 17.3 Å². The number of rotatable bonds is 2. The molecule has 0 spiro atoms. The lowest BCUT2D eigenvalue weighted by Gasteiger charge is -2.17. The third-order valence-electron chi connectivity index (χ3n) is 3.52. The fraction of sp³-hybridized carbons (Fsp3) is 0.118. The molecule has 0 radical (unpaired) electrons. The number of fused-ring (bicyclic) bond motifs is 1. The number of anilines is 1. The normalized spacial score (nSPS) is 16.0. The van der Waals surface area contributed by atoms with Gasteiger partial charge in [0.2, 0.25) is 0 Å². The second-order valence-electron chi connectivity index (χ2n) is 4.82. The van der Waals surface area contributed by atoms with Crippen molar-refractivity contribution in [1.29, 1.82) is 0 Å². The number of hydrogen-bond acceptors (Lipinski definition) is 3. The number of aryl methyl sites for hydroxylation is 1. The number of Topliss-reactive ketones (excluding diaryl/α,β-unsaturated/α-hetero) is 1. The van der Waals surface area contributed by atoms with Crippen LogP contribution in [0.3, 0.4) is 0 Å². The third kappa shape index (κ3) is 2.30. The zero-order valence-electron chi connectivity index (χ0n) is 11.0. The first-order chi connectivity index (χ1) is 9.75. The lowest BCUT2D eigenvalue weighted by Crippen LogP contribution is -2.15. The van der Waals surface area contributed by atoms with Crippen LogP contribution in [-0.4, -0.2) is 10.9 Å². The highest BCUT2D eigenvalue weighted by Gasteiger charge is 2.21. The van der Waals surface area contributed by atoms with Crippen LogP contribution in [0.15, 0.2) is 60.3 Å². The average Bonchev–Trinajstić information content (AvgIpc) is 2.48. The van der Waals surface area contributed by atoms with Crippen molar-refractivity contribution in [3.05, 3.63) is 71.4 Å². The summed E-state index contributed by atoms with van der Waals surface area (Å²) in [6.07, 6.45) is 3.29. The van der Waals surface area contributed by atoms with E-state index in [2.05, 4.69) is 5.32 Å². The predicted octanol–water partition coefficient (Wildman–Crippen LogP) is 3.52. The second-order valence-corrected chi connectivity index (χ2v) is 4.82. The molecule has 1 aliphatic rings. The van der Waals surface area contributed by atoms with Crippen molar-refractivity contribution < 1.29 is 9.90 Å². The van der Waals surface area contributed by atoms with Crippen molar-refractivity contribution in [2.45, 2.75) is 12.8 Å². The SMILES string of the molecule is O=C1/C(=C/Nc2ccccc2O)CCc2ccccc21. The molecular formula is C17H15NO2. The molecule has 2 N–H and O–H groups in total. The molecular weight excluding hydrogens is 250 g/mol. The zero-order valence-corrected chi connectivity index (χ0v) is 11.0. The minimum absolute atomic E-state index is 0.0646. The lowest BCUT2D eigenvalue weighted by atomic mass is 9.87. The van der Waals surface area contributed by atoms with Crippen molar-refractivity contribution in [1.82, 2.24) is 0 Å². The van der Waals surface area contributed by atoms with Gasteiger partial charge in [-0.1, -0.05) is 36.4 Å². The number of nitrogens with one attached hydrogen (secondary N) is 1. The van der Waals surface area contributed by atoms with Gasteiger partial charge in [-0.15, -0.1) is 0 Å². The van der Waals surface area contributed by atoms with E-state index in [1.807, 2.05) is 30.3 Å². The van der Waals surface area contributed by atoms with Crippen LogP contribution in [0.2, 0.25) is 0 Å². The molecule has 0 aromatic heterocycles. The van der Waals surface area contributed by atoms with Gasteiger partial charge in [0.1, 0.15) is 5.75 Å². The number of phenols is 1. The highest BCUT2D eigenvalue weighted by Crippen LogP contribution is 2.26. The van der Waals surface area contributed by atoms with Gasteiger partial charge in [-0.05, 0) is 30.5 Å². The quantitative estimate of drug-likeness (QED) is 0.645. The number of para-hydroxylation sites is 2. The molecule has 0 heterocycles. The molecule has 0 saturated heterocycles. The topological polar surface area (TPSA) is 49.3 Å². The van der Waals surface area contributed by atoms with Crippen molar-refractivity contribution >= 4 is 11.5 Å². The van der Waals surface area contributed by atoms with Crippen molar-refractivity contribution in [2.75, 3.05) is 5.32 Å². The lowest BCUT2D eigenvalue weighted by molar-refractivity contribution is 0.102. The third-order valence-corrected chi connectivity index (χ3v) is 3.52. The smallest absolute Gasteiger partial charge is 0.190 e. The number of benzene rings is 2. The van der Waals surface area contributed by atoms with Gasteiger partial charge in [0.05, 0.1) is 5.69 Å². The molecule has 3 heteroatoms. The van der Waals surface area contributed by atoms with Crippen LogP contribution in [0.25, 0.3) is 0 Å². The van der Waals surface area contributed by atoms with E-state index in [-0.39, 0.29) is 11.5 Å². The number of allylic oxidation sites excluding steroid dienone is 1. The summed E-state index contributed by atoms with van der Waals surface area (Å²) in [6.45, 7) is 0. The van der Waals surface area contributed by atoms with E-state index in [0.29, 0.717) is 5.69 Å². The van der Waals surface area contributed by atoms with Crippen LogP contribution in [0.1, 0.15) is 22.3 Å². The van der Waals surface area contributed by atoms with E-state index in [1.54, 1.807) is 24.4 Å². The molecule has 2 aromatic rings. The minimum atomic E-state index is 0.0646. The van der Waals surface area contributed by atoms with Crippen LogP contribution in [-0.2, 0) is 6.42 Å². The minimum Gasteiger partial charge on any atom is -0.506 e. The molecule has 100 valence electrons. The molecule has 0 atom stereocenters. The Hall–Kier alpha value is -2.55. The van der Waals surface area contributed by atoms with Crippen LogP contribution in [0.4, 0.5) is 5.69 Å². The molecule has 0 fully saturated rings. The Bertz CT molecular complexity index is 689. The van der Waals surface area contributed by atoms with Crippen LogP contribution in [0, 0.1) is 0 Å². The molecule has 0 amide bonds. The molecule has 0 unspecified atom stereocenters. The standard InChI is InChI=1S/C17H15NO2/c19-16-8-4-3-7-15(16)18-11-13-10-9-12-5-1-2-6-14(12)17(13)20/h1-8,11,18-19H,9-10H2/b13-11+. The van der Waals surface area contributed by atoms with Gasteiger partial charge < -0.3 is 10.4 Å². The van der Waals surface area contributed by atoms with Crippen LogP contribution >= 0.6 is 0 Å². The van der Waals surface area contributed by atoms with E-state index in [0.717, 1.165) is 29.5 Å². The first kappa shape index (κ1) is 12.5. The number of aromatic hydroxyl groups is 1. The van der Waals surface area contributed by atoms with E-state index >= 15 is 0 Å². The number of ketones is 1. The van der Waals surface area contributed by atoms with E-state index < -0.39 is 0 Å². The van der Waals surface area contributed by atoms with Gasteiger partial charge in [-0.3, -0.25) is 4.79 Å². The first-order valence-corrected chi connectivity index (χ1v) is 6.62. The van der Waals surface area contributed by atoms with Crippen LogP contribution in [0.5, 0.6) is 5.75 Å². The van der Waals surface area contributed by atoms with Crippen molar-refractivity contribution in [2.24, 2.45) is 0 Å². The summed E-state index contributed by atoms with van der Waals surface area (Å²) in [6, 6.07) is 14.7. The van der Waals surface area contributed by atoms with E-state index in [4.69, 9.17) is 0 Å². The summed E-state index contributed by atoms with van der Waals surface area (Å²) in [4.78, 5) is 12.4. The monoisotopic (exact) mass is 265 g/mol. The highest BCUT2D eigenvalue weighted by molar-refractivity contribution is 6.10. The number of carbonyl (C=O) groups excluding carboxylic acids is 1. The first-order valence-electron chi connectivity index (χ1n) is 6.62. The summed E-state index contributed by atoms with van der Waals surface area (Å²) >= 11 is 0. The molecule has 1 aliphatic carbocycles. The van der Waals surface area contributed by atoms with Gasteiger partial charge in [0.15, 0.2) is 5.78 Å². The van der Waals surface area contributed by atoms with Gasteiger partial charge >= 0.3 is 0 Å². The molecule has 20 heavy (non-hydrogen) atoms. The van der Waals surface area contributed by atoms with E-state index in [1.165, 1.54) is 0 Å². The Morgan fingerprint density at radius 1 is 1.00 bits per heavy atom. The molecule has 0 saturated carbocycles. The average molecular weight is 265 g/mol. The largest absolute Gasteiger partial charge is 0.506 e.